The van der Waals surface area contributed by atoms with Crippen LogP contribution in [-0.2, 0) is 17.5 Å². The third kappa shape index (κ3) is 3.89. The van der Waals surface area contributed by atoms with Crippen LogP contribution in [0.15, 0.2) is 18.3 Å². The first-order valence-electron chi connectivity index (χ1n) is 5.89. The number of amides is 1. The molecule has 0 atom stereocenters. The van der Waals surface area contributed by atoms with Crippen molar-refractivity contribution >= 4 is 34.9 Å². The zero-order chi connectivity index (χ0) is 16.5. The van der Waals surface area contributed by atoms with Crippen molar-refractivity contribution in [1.82, 2.24) is 14.8 Å². The molecule has 0 aliphatic rings. The summed E-state index contributed by atoms with van der Waals surface area (Å²) in [5, 5.41) is 6.15. The second kappa shape index (κ2) is 6.13. The normalized spacial score (nSPS) is 11.5. The van der Waals surface area contributed by atoms with E-state index in [1.54, 1.807) is 0 Å². The first-order chi connectivity index (χ1) is 10.2. The van der Waals surface area contributed by atoms with E-state index in [2.05, 4.69) is 15.4 Å². The minimum Gasteiger partial charge on any atom is -0.308 e. The minimum atomic E-state index is -4.56. The second-order valence-corrected chi connectivity index (χ2v) is 5.20. The van der Waals surface area contributed by atoms with Gasteiger partial charge in [-0.1, -0.05) is 23.2 Å². The molecule has 0 saturated heterocycles. The first-order valence-corrected chi connectivity index (χ1v) is 6.65. The first kappa shape index (κ1) is 16.6. The summed E-state index contributed by atoms with van der Waals surface area (Å²) in [6.07, 6.45) is -3.28. The lowest BCUT2D eigenvalue weighted by molar-refractivity contribution is -0.141. The summed E-state index contributed by atoms with van der Waals surface area (Å²) in [4.78, 5) is 15.7. The molecule has 22 heavy (non-hydrogen) atoms. The predicted octanol–water partition coefficient (Wildman–Crippen LogP) is 3.55. The van der Waals surface area contributed by atoms with Crippen molar-refractivity contribution in [3.63, 3.8) is 0 Å². The smallest absolute Gasteiger partial charge is 0.308 e. The number of nitrogens with one attached hydrogen (secondary N) is 1. The van der Waals surface area contributed by atoms with Crippen molar-refractivity contribution in [3.8, 4) is 0 Å². The number of alkyl halides is 3. The summed E-state index contributed by atoms with van der Waals surface area (Å²) in [6.45, 7) is 1.02. The van der Waals surface area contributed by atoms with E-state index in [-0.39, 0.29) is 16.5 Å². The molecule has 0 fully saturated rings. The van der Waals surface area contributed by atoms with Gasteiger partial charge in [0.05, 0.1) is 10.0 Å². The molecule has 0 aromatic carbocycles. The highest BCUT2D eigenvalue weighted by Crippen LogP contribution is 2.28. The van der Waals surface area contributed by atoms with E-state index in [0.717, 1.165) is 10.7 Å². The molecule has 0 bridgehead atoms. The zero-order valence-electron chi connectivity index (χ0n) is 11.1. The number of anilines is 1. The molecule has 2 rings (SSSR count). The molecule has 0 aliphatic carbocycles. The van der Waals surface area contributed by atoms with Crippen LogP contribution in [0.4, 0.5) is 19.0 Å². The summed E-state index contributed by atoms with van der Waals surface area (Å²) >= 11 is 11.5. The van der Waals surface area contributed by atoms with Gasteiger partial charge in [-0.2, -0.15) is 18.3 Å². The van der Waals surface area contributed by atoms with E-state index in [0.29, 0.717) is 5.02 Å². The van der Waals surface area contributed by atoms with Gasteiger partial charge in [-0.05, 0) is 19.1 Å². The molecule has 10 heteroatoms. The number of hydrogen-bond donors (Lipinski definition) is 1. The fourth-order valence-electron chi connectivity index (χ4n) is 1.62. The minimum absolute atomic E-state index is 0.0666. The molecule has 118 valence electrons. The van der Waals surface area contributed by atoms with E-state index >= 15 is 0 Å². The maximum absolute atomic E-state index is 12.5. The molecule has 1 N–H and O–H groups in total. The Morgan fingerprint density at radius 3 is 2.59 bits per heavy atom. The van der Waals surface area contributed by atoms with Gasteiger partial charge in [0.15, 0.2) is 11.5 Å². The predicted molar refractivity (Wildman–Crippen MR) is 74.9 cm³/mol. The Kier molecular flexibility index (Phi) is 4.62. The van der Waals surface area contributed by atoms with Crippen molar-refractivity contribution in [2.45, 2.75) is 19.6 Å². The Morgan fingerprint density at radius 2 is 2.05 bits per heavy atom. The average Bonchev–Trinajstić information content (AvgIpc) is 2.74. The Balaban J connectivity index is 2.11. The maximum Gasteiger partial charge on any atom is 0.435 e. The van der Waals surface area contributed by atoms with E-state index in [1.807, 2.05) is 0 Å². The van der Waals surface area contributed by atoms with Crippen LogP contribution in [0.3, 0.4) is 0 Å². The SMILES string of the molecule is Cc1cc(C(F)(F)F)nn1CC(=O)Nc1ncc(Cl)cc1Cl. The van der Waals surface area contributed by atoms with E-state index in [1.165, 1.54) is 19.2 Å². The molecular weight excluding hydrogens is 344 g/mol. The van der Waals surface area contributed by atoms with Crippen molar-refractivity contribution in [3.05, 3.63) is 39.8 Å². The number of aromatic nitrogens is 3. The highest BCUT2D eigenvalue weighted by atomic mass is 35.5. The van der Waals surface area contributed by atoms with Gasteiger partial charge in [0.25, 0.3) is 0 Å². The van der Waals surface area contributed by atoms with Gasteiger partial charge in [0.1, 0.15) is 6.54 Å². The van der Waals surface area contributed by atoms with Crippen LogP contribution < -0.4 is 5.32 Å². The largest absolute Gasteiger partial charge is 0.435 e. The van der Waals surface area contributed by atoms with Crippen LogP contribution >= 0.6 is 23.2 Å². The van der Waals surface area contributed by atoms with Gasteiger partial charge < -0.3 is 5.32 Å². The van der Waals surface area contributed by atoms with Crippen LogP contribution in [0.25, 0.3) is 0 Å². The summed E-state index contributed by atoms with van der Waals surface area (Å²) in [7, 11) is 0. The van der Waals surface area contributed by atoms with Gasteiger partial charge >= 0.3 is 6.18 Å². The fourth-order valence-corrected chi connectivity index (χ4v) is 2.05. The second-order valence-electron chi connectivity index (χ2n) is 4.36. The van der Waals surface area contributed by atoms with Crippen LogP contribution in [0.1, 0.15) is 11.4 Å². The van der Waals surface area contributed by atoms with Gasteiger partial charge in [0.2, 0.25) is 5.91 Å². The molecule has 0 saturated carbocycles. The van der Waals surface area contributed by atoms with Gasteiger partial charge in [-0.25, -0.2) is 4.98 Å². The van der Waals surface area contributed by atoms with Crippen molar-refractivity contribution in [2.75, 3.05) is 5.32 Å². The number of carbonyl (C=O) groups is 1. The Bertz CT molecular complexity index is 715. The summed E-state index contributed by atoms with van der Waals surface area (Å²) in [5.41, 5.74) is -0.849. The third-order valence-electron chi connectivity index (χ3n) is 2.63. The molecule has 0 spiro atoms. The van der Waals surface area contributed by atoms with Gasteiger partial charge in [-0.3, -0.25) is 9.48 Å². The van der Waals surface area contributed by atoms with Gasteiger partial charge in [-0.15, -0.1) is 0 Å². The Hall–Kier alpha value is -1.80. The molecule has 1 amide bonds. The van der Waals surface area contributed by atoms with E-state index in [4.69, 9.17) is 23.2 Å². The molecule has 2 aromatic rings. The lowest BCUT2D eigenvalue weighted by atomic mass is 10.3. The molecule has 0 unspecified atom stereocenters. The lowest BCUT2D eigenvalue weighted by Crippen LogP contribution is -2.21. The number of pyridine rings is 1. The average molecular weight is 353 g/mol. The number of carbonyl (C=O) groups excluding carboxylic acids is 1. The van der Waals surface area contributed by atoms with Crippen molar-refractivity contribution in [2.24, 2.45) is 0 Å². The lowest BCUT2D eigenvalue weighted by Gasteiger charge is -2.07. The molecule has 5 nitrogen and oxygen atoms in total. The highest BCUT2D eigenvalue weighted by molar-refractivity contribution is 6.36. The molecule has 2 heterocycles. The Labute approximate surface area is 133 Å². The summed E-state index contributed by atoms with van der Waals surface area (Å²) in [6, 6.07) is 2.24. The van der Waals surface area contributed by atoms with E-state index in [9.17, 15) is 18.0 Å². The number of aryl methyl sites for hydroxylation is 1. The molecular formula is C12H9Cl2F3N4O. The van der Waals surface area contributed by atoms with Crippen molar-refractivity contribution in [1.29, 1.82) is 0 Å². The summed E-state index contributed by atoms with van der Waals surface area (Å²) < 4.78 is 38.6. The zero-order valence-corrected chi connectivity index (χ0v) is 12.6. The molecule has 0 aliphatic heterocycles. The number of nitrogens with zero attached hydrogens (tertiary/aromatic N) is 3. The van der Waals surface area contributed by atoms with Crippen LogP contribution in [0.2, 0.25) is 10.0 Å². The maximum atomic E-state index is 12.5. The molecule has 0 radical (unpaired) electrons. The van der Waals surface area contributed by atoms with Gasteiger partial charge in [0, 0.05) is 11.9 Å². The quantitative estimate of drug-likeness (QED) is 0.918. The highest BCUT2D eigenvalue weighted by Gasteiger charge is 2.34. The van der Waals surface area contributed by atoms with Crippen molar-refractivity contribution < 1.29 is 18.0 Å². The third-order valence-corrected chi connectivity index (χ3v) is 3.13. The number of rotatable bonds is 3. The number of halogens is 5. The van der Waals surface area contributed by atoms with Crippen LogP contribution in [-0.4, -0.2) is 20.7 Å². The van der Waals surface area contributed by atoms with E-state index < -0.39 is 24.3 Å². The number of hydrogen-bond acceptors (Lipinski definition) is 3. The monoisotopic (exact) mass is 352 g/mol. The Morgan fingerprint density at radius 1 is 1.36 bits per heavy atom. The fraction of sp³-hybridized carbons (Fsp3) is 0.250. The van der Waals surface area contributed by atoms with Crippen LogP contribution in [0.5, 0.6) is 0 Å². The molecule has 2 aromatic heterocycles. The summed E-state index contributed by atoms with van der Waals surface area (Å²) in [5.74, 6) is -0.548. The topological polar surface area (TPSA) is 59.8 Å². The standard InChI is InChI=1S/C12H9Cl2F3N4O/c1-6-2-9(12(15,16)17)20-21(6)5-10(22)19-11-8(14)3-7(13)4-18-11/h2-4H,5H2,1H3,(H,18,19,22). The van der Waals surface area contributed by atoms with Crippen LogP contribution in [0, 0.1) is 6.92 Å².